The maximum Gasteiger partial charge on any atom is 0.472 e. The number of hydrogen-bond donors (Lipinski definition) is 2. The first-order valence-electron chi connectivity index (χ1n) is 5.70. The summed E-state index contributed by atoms with van der Waals surface area (Å²) in [6, 6.07) is 6.89. The van der Waals surface area contributed by atoms with Gasteiger partial charge in [-0.15, -0.1) is 0 Å². The lowest BCUT2D eigenvalue weighted by molar-refractivity contribution is -0.175. The van der Waals surface area contributed by atoms with Crippen molar-refractivity contribution in [2.45, 2.75) is 19.5 Å². The second kappa shape index (κ2) is 6.78. The van der Waals surface area contributed by atoms with E-state index in [4.69, 9.17) is 4.74 Å². The van der Waals surface area contributed by atoms with Crippen LogP contribution in [-0.2, 0) is 16.0 Å². The van der Waals surface area contributed by atoms with Crippen molar-refractivity contribution < 1.29 is 27.5 Å². The summed E-state index contributed by atoms with van der Waals surface area (Å²) in [5, 5.41) is 0. The molecule has 0 heterocycles. The minimum absolute atomic E-state index is 0.402. The molecule has 0 radical (unpaired) electrons. The van der Waals surface area contributed by atoms with Gasteiger partial charge in [0.2, 0.25) is 0 Å². The predicted octanol–water partition coefficient (Wildman–Crippen LogP) is 1.34. The highest BCUT2D eigenvalue weighted by Gasteiger charge is 2.38. The van der Waals surface area contributed by atoms with Crippen LogP contribution in [0.5, 0.6) is 5.75 Å². The SMILES string of the molecule is CCc1ccc(OCC(=O)NNC(=O)C(F)(F)F)cc1. The minimum atomic E-state index is -5.05. The maximum atomic E-state index is 11.8. The van der Waals surface area contributed by atoms with Crippen molar-refractivity contribution in [2.75, 3.05) is 6.61 Å². The average Bonchev–Trinajstić information content (AvgIpc) is 2.41. The number of hydrogen-bond acceptors (Lipinski definition) is 3. The van der Waals surface area contributed by atoms with E-state index in [1.54, 1.807) is 29.7 Å². The Morgan fingerprint density at radius 3 is 2.25 bits per heavy atom. The van der Waals surface area contributed by atoms with Gasteiger partial charge in [-0.05, 0) is 24.1 Å². The molecule has 0 saturated carbocycles. The fourth-order valence-electron chi connectivity index (χ4n) is 1.20. The Hall–Kier alpha value is -2.25. The fraction of sp³-hybridized carbons (Fsp3) is 0.333. The smallest absolute Gasteiger partial charge is 0.472 e. The molecule has 0 aliphatic rings. The highest BCUT2D eigenvalue weighted by molar-refractivity contribution is 5.85. The summed E-state index contributed by atoms with van der Waals surface area (Å²) in [6.45, 7) is 1.47. The molecule has 1 rings (SSSR count). The van der Waals surface area contributed by atoms with E-state index in [-0.39, 0.29) is 0 Å². The molecule has 0 aliphatic heterocycles. The van der Waals surface area contributed by atoms with Gasteiger partial charge in [-0.3, -0.25) is 20.4 Å². The fourth-order valence-corrected chi connectivity index (χ4v) is 1.20. The number of carbonyl (C=O) groups excluding carboxylic acids is 2. The van der Waals surface area contributed by atoms with Gasteiger partial charge in [0.1, 0.15) is 5.75 Å². The topological polar surface area (TPSA) is 67.4 Å². The standard InChI is InChI=1S/C12H13F3N2O3/c1-2-8-3-5-9(6-4-8)20-7-10(18)16-17-11(19)12(13,14)15/h3-6H,2,7H2,1H3,(H,16,18)(H,17,19). The number of carbonyl (C=O) groups is 2. The van der Waals surface area contributed by atoms with Crippen LogP contribution in [-0.4, -0.2) is 24.6 Å². The molecule has 1 aromatic rings. The van der Waals surface area contributed by atoms with Crippen LogP contribution >= 0.6 is 0 Å². The van der Waals surface area contributed by atoms with E-state index < -0.39 is 24.6 Å². The van der Waals surface area contributed by atoms with Crippen molar-refractivity contribution in [3.63, 3.8) is 0 Å². The quantitative estimate of drug-likeness (QED) is 0.822. The average molecular weight is 290 g/mol. The molecule has 8 heteroatoms. The normalized spacial score (nSPS) is 10.8. The van der Waals surface area contributed by atoms with Gasteiger partial charge in [-0.2, -0.15) is 13.2 Å². The molecular weight excluding hydrogens is 277 g/mol. The van der Waals surface area contributed by atoms with E-state index in [0.717, 1.165) is 12.0 Å². The number of hydrazine groups is 1. The van der Waals surface area contributed by atoms with Gasteiger partial charge >= 0.3 is 12.1 Å². The highest BCUT2D eigenvalue weighted by Crippen LogP contribution is 2.13. The zero-order chi connectivity index (χ0) is 15.2. The van der Waals surface area contributed by atoms with Gasteiger partial charge in [0.05, 0.1) is 0 Å². The van der Waals surface area contributed by atoms with Crippen LogP contribution in [0.15, 0.2) is 24.3 Å². The molecule has 0 bridgehead atoms. The molecule has 5 nitrogen and oxygen atoms in total. The van der Waals surface area contributed by atoms with Crippen LogP contribution in [0, 0.1) is 0 Å². The summed E-state index contributed by atoms with van der Waals surface area (Å²) in [5.74, 6) is -2.75. The summed E-state index contributed by atoms with van der Waals surface area (Å²) < 4.78 is 40.5. The van der Waals surface area contributed by atoms with E-state index in [9.17, 15) is 22.8 Å². The second-order valence-corrected chi connectivity index (χ2v) is 3.79. The zero-order valence-electron chi connectivity index (χ0n) is 10.6. The molecular formula is C12H13F3N2O3. The van der Waals surface area contributed by atoms with Gasteiger partial charge in [0.25, 0.3) is 5.91 Å². The minimum Gasteiger partial charge on any atom is -0.484 e. The van der Waals surface area contributed by atoms with Crippen LogP contribution < -0.4 is 15.6 Å². The Kier molecular flexibility index (Phi) is 5.36. The summed E-state index contributed by atoms with van der Waals surface area (Å²) in [6.07, 6.45) is -4.20. The molecule has 0 aliphatic carbocycles. The Balaban J connectivity index is 2.34. The zero-order valence-corrected chi connectivity index (χ0v) is 10.6. The Morgan fingerprint density at radius 1 is 1.15 bits per heavy atom. The van der Waals surface area contributed by atoms with E-state index in [2.05, 4.69) is 0 Å². The van der Waals surface area contributed by atoms with Gasteiger partial charge in [-0.25, -0.2) is 0 Å². The number of halogens is 3. The summed E-state index contributed by atoms with van der Waals surface area (Å²) in [4.78, 5) is 21.6. The third kappa shape index (κ3) is 5.17. The number of rotatable bonds is 4. The number of aryl methyl sites for hydroxylation is 1. The largest absolute Gasteiger partial charge is 0.484 e. The molecule has 1 aromatic carbocycles. The third-order valence-corrected chi connectivity index (χ3v) is 2.27. The summed E-state index contributed by atoms with van der Waals surface area (Å²) in [5.41, 5.74) is 3.91. The van der Waals surface area contributed by atoms with Gasteiger partial charge in [0.15, 0.2) is 6.61 Å². The van der Waals surface area contributed by atoms with Gasteiger partial charge in [-0.1, -0.05) is 19.1 Å². The lowest BCUT2D eigenvalue weighted by atomic mass is 10.2. The molecule has 0 spiro atoms. The van der Waals surface area contributed by atoms with Crippen molar-refractivity contribution in [3.05, 3.63) is 29.8 Å². The molecule has 0 unspecified atom stereocenters. The first kappa shape index (κ1) is 15.8. The van der Waals surface area contributed by atoms with Crippen LogP contribution in [0.3, 0.4) is 0 Å². The Morgan fingerprint density at radius 2 is 1.75 bits per heavy atom. The number of amides is 2. The van der Waals surface area contributed by atoms with Crippen LogP contribution in [0.2, 0.25) is 0 Å². The second-order valence-electron chi connectivity index (χ2n) is 3.79. The third-order valence-electron chi connectivity index (χ3n) is 2.27. The molecule has 0 saturated heterocycles. The Bertz CT molecular complexity index is 472. The molecule has 110 valence electrons. The monoisotopic (exact) mass is 290 g/mol. The van der Waals surface area contributed by atoms with Crippen LogP contribution in [0.4, 0.5) is 13.2 Å². The first-order valence-corrected chi connectivity index (χ1v) is 5.70. The van der Waals surface area contributed by atoms with E-state index >= 15 is 0 Å². The molecule has 0 aromatic heterocycles. The van der Waals surface area contributed by atoms with E-state index in [1.807, 2.05) is 6.92 Å². The van der Waals surface area contributed by atoms with Crippen molar-refractivity contribution in [3.8, 4) is 5.75 Å². The lowest BCUT2D eigenvalue weighted by Gasteiger charge is -2.10. The van der Waals surface area contributed by atoms with Crippen molar-refractivity contribution in [2.24, 2.45) is 0 Å². The van der Waals surface area contributed by atoms with Gasteiger partial charge < -0.3 is 4.74 Å². The van der Waals surface area contributed by atoms with Crippen molar-refractivity contribution in [1.29, 1.82) is 0 Å². The summed E-state index contributed by atoms with van der Waals surface area (Å²) >= 11 is 0. The molecule has 20 heavy (non-hydrogen) atoms. The number of nitrogens with one attached hydrogen (secondary N) is 2. The van der Waals surface area contributed by atoms with E-state index in [0.29, 0.717) is 5.75 Å². The first-order chi connectivity index (χ1) is 9.32. The van der Waals surface area contributed by atoms with E-state index in [1.165, 1.54) is 5.43 Å². The van der Waals surface area contributed by atoms with Crippen molar-refractivity contribution in [1.82, 2.24) is 10.9 Å². The molecule has 2 N–H and O–H groups in total. The highest BCUT2D eigenvalue weighted by atomic mass is 19.4. The number of alkyl halides is 3. The molecule has 0 atom stereocenters. The van der Waals surface area contributed by atoms with Gasteiger partial charge in [0, 0.05) is 0 Å². The van der Waals surface area contributed by atoms with Crippen LogP contribution in [0.1, 0.15) is 12.5 Å². The molecule has 2 amide bonds. The van der Waals surface area contributed by atoms with Crippen LogP contribution in [0.25, 0.3) is 0 Å². The lowest BCUT2D eigenvalue weighted by Crippen LogP contribution is -2.49. The predicted molar refractivity (Wildman–Crippen MR) is 63.7 cm³/mol. The number of benzene rings is 1. The van der Waals surface area contributed by atoms with Crippen molar-refractivity contribution >= 4 is 11.8 Å². The maximum absolute atomic E-state index is 11.8. The Labute approximate surface area is 113 Å². The summed E-state index contributed by atoms with van der Waals surface area (Å²) in [7, 11) is 0. The number of ether oxygens (including phenoxy) is 1. The molecule has 0 fully saturated rings.